The molecule has 1 aromatic rings. The first-order valence-electron chi connectivity index (χ1n) is 10.1. The summed E-state index contributed by atoms with van der Waals surface area (Å²) >= 11 is 1.46. The topological polar surface area (TPSA) is 97.3 Å². The molecule has 0 fully saturated rings. The van der Waals surface area contributed by atoms with Crippen LogP contribution in [0, 0.1) is 6.92 Å². The Morgan fingerprint density at radius 3 is 2.29 bits per heavy atom. The molecular formula is C22H31N3O5S. The molecule has 0 saturated carbocycles. The van der Waals surface area contributed by atoms with Gasteiger partial charge in [-0.25, -0.2) is 9.59 Å². The number of thiophene rings is 1. The van der Waals surface area contributed by atoms with Gasteiger partial charge in [-0.1, -0.05) is 6.08 Å². The molecule has 0 unspecified atom stereocenters. The van der Waals surface area contributed by atoms with E-state index in [2.05, 4.69) is 10.3 Å². The number of aliphatic imine (C=N–C) groups is 1. The van der Waals surface area contributed by atoms with Crippen molar-refractivity contribution in [3.63, 3.8) is 0 Å². The van der Waals surface area contributed by atoms with Crippen molar-refractivity contribution in [1.82, 2.24) is 10.2 Å². The second kappa shape index (κ2) is 9.64. The van der Waals surface area contributed by atoms with Gasteiger partial charge in [-0.05, 0) is 72.1 Å². The van der Waals surface area contributed by atoms with Crippen LogP contribution in [0.25, 0.3) is 5.57 Å². The van der Waals surface area contributed by atoms with Crippen LogP contribution in [0.5, 0.6) is 0 Å². The largest absolute Gasteiger partial charge is 0.444 e. The quantitative estimate of drug-likeness (QED) is 0.397. The second-order valence-corrected chi connectivity index (χ2v) is 10.5. The SMILES string of the molecule is Cc1sc(C=O)cc1C1=CCN(/C(=N/C(=O)OC(C)(C)C)NC(=O)OC(C)(C)C)CC1. The lowest BCUT2D eigenvalue weighted by Crippen LogP contribution is -2.48. The molecule has 2 amide bonds. The third kappa shape index (κ3) is 7.82. The van der Waals surface area contributed by atoms with Crippen LogP contribution in [0.3, 0.4) is 0 Å². The molecule has 0 spiro atoms. The van der Waals surface area contributed by atoms with Gasteiger partial charge in [0, 0.05) is 18.0 Å². The van der Waals surface area contributed by atoms with E-state index >= 15 is 0 Å². The van der Waals surface area contributed by atoms with Gasteiger partial charge in [-0.3, -0.25) is 10.1 Å². The summed E-state index contributed by atoms with van der Waals surface area (Å²) in [4.78, 5) is 43.2. The molecule has 8 nitrogen and oxygen atoms in total. The highest BCUT2D eigenvalue weighted by Crippen LogP contribution is 2.30. The monoisotopic (exact) mass is 449 g/mol. The van der Waals surface area contributed by atoms with Crippen molar-refractivity contribution in [2.24, 2.45) is 4.99 Å². The van der Waals surface area contributed by atoms with E-state index in [0.717, 1.165) is 22.3 Å². The molecule has 1 aliphatic rings. The lowest BCUT2D eigenvalue weighted by Gasteiger charge is -2.30. The number of hydrogen-bond donors (Lipinski definition) is 1. The van der Waals surface area contributed by atoms with Crippen LogP contribution in [0.4, 0.5) is 9.59 Å². The molecule has 0 atom stereocenters. The molecular weight excluding hydrogens is 418 g/mol. The molecule has 0 radical (unpaired) electrons. The summed E-state index contributed by atoms with van der Waals surface area (Å²) in [7, 11) is 0. The van der Waals surface area contributed by atoms with Crippen LogP contribution in [0.1, 0.15) is 68.1 Å². The van der Waals surface area contributed by atoms with Gasteiger partial charge in [0.1, 0.15) is 11.2 Å². The summed E-state index contributed by atoms with van der Waals surface area (Å²) in [5.41, 5.74) is 0.770. The number of amides is 2. The number of alkyl carbamates (subject to hydrolysis) is 1. The Balaban J connectivity index is 2.22. The lowest BCUT2D eigenvalue weighted by atomic mass is 10.00. The van der Waals surface area contributed by atoms with Crippen molar-refractivity contribution < 1.29 is 23.9 Å². The number of carbonyl (C=O) groups is 3. The summed E-state index contributed by atoms with van der Waals surface area (Å²) in [5.74, 6) is 0.0782. The van der Waals surface area contributed by atoms with Crippen molar-refractivity contribution in [3.8, 4) is 0 Å². The minimum atomic E-state index is -0.794. The normalized spacial score (nSPS) is 15.3. The first-order valence-corrected chi connectivity index (χ1v) is 10.9. The van der Waals surface area contributed by atoms with Crippen molar-refractivity contribution in [3.05, 3.63) is 27.5 Å². The Morgan fingerprint density at radius 2 is 1.81 bits per heavy atom. The van der Waals surface area contributed by atoms with Gasteiger partial charge < -0.3 is 14.4 Å². The Hall–Kier alpha value is -2.68. The molecule has 1 N–H and O–H groups in total. The predicted octanol–water partition coefficient (Wildman–Crippen LogP) is 4.77. The third-order valence-electron chi connectivity index (χ3n) is 4.11. The highest BCUT2D eigenvalue weighted by atomic mass is 32.1. The number of carbonyl (C=O) groups excluding carboxylic acids is 3. The van der Waals surface area contributed by atoms with Gasteiger partial charge in [0.05, 0.1) is 4.88 Å². The van der Waals surface area contributed by atoms with E-state index < -0.39 is 23.4 Å². The maximum absolute atomic E-state index is 12.3. The van der Waals surface area contributed by atoms with Crippen molar-refractivity contribution in [2.45, 2.75) is 66.1 Å². The first-order chi connectivity index (χ1) is 14.3. The number of guanidine groups is 1. The number of hydrogen-bond acceptors (Lipinski definition) is 6. The minimum Gasteiger partial charge on any atom is -0.444 e. The van der Waals surface area contributed by atoms with Crippen molar-refractivity contribution >= 4 is 41.3 Å². The summed E-state index contributed by atoms with van der Waals surface area (Å²) < 4.78 is 10.6. The molecule has 31 heavy (non-hydrogen) atoms. The Labute approximate surface area is 187 Å². The van der Waals surface area contributed by atoms with Crippen molar-refractivity contribution in [2.75, 3.05) is 13.1 Å². The lowest BCUT2D eigenvalue weighted by molar-refractivity contribution is 0.0555. The third-order valence-corrected chi connectivity index (χ3v) is 5.09. The smallest absolute Gasteiger partial charge is 0.437 e. The zero-order valence-electron chi connectivity index (χ0n) is 19.2. The van der Waals surface area contributed by atoms with Crippen LogP contribution in [-0.2, 0) is 9.47 Å². The molecule has 1 aliphatic heterocycles. The van der Waals surface area contributed by atoms with Crippen LogP contribution in [-0.4, -0.2) is 53.6 Å². The summed E-state index contributed by atoms with van der Waals surface area (Å²) in [6.07, 6.45) is 2.03. The molecule has 0 bridgehead atoms. The fraction of sp³-hybridized carbons (Fsp3) is 0.545. The van der Waals surface area contributed by atoms with Crippen LogP contribution < -0.4 is 5.32 Å². The second-order valence-electron chi connectivity index (χ2n) is 9.20. The minimum absolute atomic E-state index is 0.0782. The van der Waals surface area contributed by atoms with Gasteiger partial charge in [0.15, 0.2) is 6.29 Å². The van der Waals surface area contributed by atoms with E-state index in [-0.39, 0.29) is 5.96 Å². The van der Waals surface area contributed by atoms with E-state index in [1.54, 1.807) is 46.4 Å². The van der Waals surface area contributed by atoms with Crippen LogP contribution in [0.2, 0.25) is 0 Å². The van der Waals surface area contributed by atoms with Gasteiger partial charge in [0.2, 0.25) is 5.96 Å². The number of ether oxygens (including phenoxy) is 2. The summed E-state index contributed by atoms with van der Waals surface area (Å²) in [6, 6.07) is 1.89. The average Bonchev–Trinajstić information content (AvgIpc) is 2.99. The Bertz CT molecular complexity index is 903. The molecule has 1 aromatic heterocycles. The highest BCUT2D eigenvalue weighted by Gasteiger charge is 2.25. The van der Waals surface area contributed by atoms with Gasteiger partial charge in [-0.2, -0.15) is 0 Å². The summed E-state index contributed by atoms with van der Waals surface area (Å²) in [5, 5.41) is 2.58. The molecule has 2 rings (SSSR count). The standard InChI is InChI=1S/C22H31N3O5S/c1-14-17(12-16(13-26)31-14)15-8-10-25(11-9-15)18(23-19(27)29-21(2,3)4)24-20(28)30-22(5,6)7/h8,12-13H,9-11H2,1-7H3,(H,23,24,27,28). The maximum Gasteiger partial charge on any atom is 0.437 e. The Morgan fingerprint density at radius 1 is 1.16 bits per heavy atom. The van der Waals surface area contributed by atoms with Gasteiger partial charge in [-0.15, -0.1) is 16.3 Å². The average molecular weight is 450 g/mol. The van der Waals surface area contributed by atoms with E-state index in [9.17, 15) is 14.4 Å². The van der Waals surface area contributed by atoms with E-state index in [0.29, 0.717) is 24.4 Å². The number of nitrogens with zero attached hydrogens (tertiary/aromatic N) is 2. The van der Waals surface area contributed by atoms with Gasteiger partial charge in [0.25, 0.3) is 0 Å². The molecule has 0 saturated heterocycles. The van der Waals surface area contributed by atoms with Crippen LogP contribution >= 0.6 is 11.3 Å². The fourth-order valence-corrected chi connectivity index (χ4v) is 3.81. The first kappa shape index (κ1) is 24.6. The number of nitrogens with one attached hydrogen (secondary N) is 1. The number of aldehydes is 1. The number of rotatable bonds is 2. The molecule has 0 aromatic carbocycles. The molecule has 2 heterocycles. The highest BCUT2D eigenvalue weighted by molar-refractivity contribution is 7.13. The predicted molar refractivity (Wildman–Crippen MR) is 122 cm³/mol. The zero-order valence-corrected chi connectivity index (χ0v) is 20.0. The zero-order chi connectivity index (χ0) is 23.4. The van der Waals surface area contributed by atoms with E-state index in [1.807, 2.05) is 19.1 Å². The van der Waals surface area contributed by atoms with Gasteiger partial charge >= 0.3 is 12.2 Å². The van der Waals surface area contributed by atoms with E-state index in [4.69, 9.17) is 9.47 Å². The fourth-order valence-electron chi connectivity index (χ4n) is 2.93. The number of aryl methyl sites for hydroxylation is 1. The molecule has 9 heteroatoms. The Kier molecular flexibility index (Phi) is 7.64. The molecule has 170 valence electrons. The van der Waals surface area contributed by atoms with Crippen LogP contribution in [0.15, 0.2) is 17.1 Å². The van der Waals surface area contributed by atoms with E-state index in [1.165, 1.54) is 11.3 Å². The molecule has 0 aliphatic carbocycles. The van der Waals surface area contributed by atoms with Crippen molar-refractivity contribution in [1.29, 1.82) is 0 Å². The maximum atomic E-state index is 12.3. The summed E-state index contributed by atoms with van der Waals surface area (Å²) in [6.45, 7) is 13.4.